The van der Waals surface area contributed by atoms with Crippen molar-refractivity contribution >= 4 is 0 Å². The van der Waals surface area contributed by atoms with Crippen LogP contribution in [0.2, 0.25) is 0 Å². The zero-order valence-corrected chi connectivity index (χ0v) is 13.7. The summed E-state index contributed by atoms with van der Waals surface area (Å²) in [6, 6.07) is 13.2. The second-order valence-corrected chi connectivity index (χ2v) is 7.06. The van der Waals surface area contributed by atoms with Crippen LogP contribution >= 0.6 is 0 Å². The van der Waals surface area contributed by atoms with Crippen molar-refractivity contribution in [2.24, 2.45) is 0 Å². The number of hydrogen-bond acceptors (Lipinski definition) is 2. The number of fused-ring (bicyclic) bond motifs is 1. The van der Waals surface area contributed by atoms with Crippen molar-refractivity contribution < 1.29 is 0 Å². The number of nitrogens with zero attached hydrogens (tertiary/aromatic N) is 2. The monoisotopic (exact) mass is 286 g/mol. The minimum atomic E-state index is 0.698. The molecule has 0 aromatic heterocycles. The van der Waals surface area contributed by atoms with E-state index >= 15 is 0 Å². The first-order valence-corrected chi connectivity index (χ1v) is 8.78. The predicted octanol–water partition coefficient (Wildman–Crippen LogP) is 3.57. The van der Waals surface area contributed by atoms with Gasteiger partial charge in [-0.15, -0.1) is 0 Å². The summed E-state index contributed by atoms with van der Waals surface area (Å²) in [7, 11) is 0. The van der Waals surface area contributed by atoms with Crippen molar-refractivity contribution in [2.45, 2.75) is 64.1 Å². The molecule has 0 spiro atoms. The third-order valence-corrected chi connectivity index (χ3v) is 5.50. The first kappa shape index (κ1) is 15.1. The molecule has 2 nitrogen and oxygen atoms in total. The van der Waals surface area contributed by atoms with Crippen LogP contribution in [0.4, 0.5) is 0 Å². The normalized spacial score (nSPS) is 29.0. The number of hydrogen-bond donors (Lipinski definition) is 0. The highest BCUT2D eigenvalue weighted by Gasteiger charge is 2.34. The standard InChI is InChI=1S/C19H30N2/c1-16(11-12-18-8-4-3-5-9-18)21-15-19-10-6-7-13-20(19)14-17(21)2/h3-5,8-9,16-17,19H,6-7,10-15H2,1-2H3. The van der Waals surface area contributed by atoms with E-state index in [1.165, 1.54) is 57.3 Å². The van der Waals surface area contributed by atoms with E-state index in [2.05, 4.69) is 54.0 Å². The van der Waals surface area contributed by atoms with Gasteiger partial charge in [-0.1, -0.05) is 36.8 Å². The maximum atomic E-state index is 2.77. The number of piperidine rings is 1. The quantitative estimate of drug-likeness (QED) is 0.835. The molecule has 0 amide bonds. The van der Waals surface area contributed by atoms with Crippen LogP contribution in [0.15, 0.2) is 30.3 Å². The molecule has 2 heterocycles. The van der Waals surface area contributed by atoms with Crippen LogP contribution in [0.25, 0.3) is 0 Å². The van der Waals surface area contributed by atoms with E-state index in [9.17, 15) is 0 Å². The van der Waals surface area contributed by atoms with Crippen molar-refractivity contribution in [3.63, 3.8) is 0 Å². The van der Waals surface area contributed by atoms with Crippen molar-refractivity contribution in [1.29, 1.82) is 0 Å². The van der Waals surface area contributed by atoms with E-state index in [-0.39, 0.29) is 0 Å². The van der Waals surface area contributed by atoms with E-state index < -0.39 is 0 Å². The molecule has 21 heavy (non-hydrogen) atoms. The number of benzene rings is 1. The van der Waals surface area contributed by atoms with E-state index in [4.69, 9.17) is 0 Å². The lowest BCUT2D eigenvalue weighted by Crippen LogP contribution is -2.60. The lowest BCUT2D eigenvalue weighted by atomic mass is 9.95. The van der Waals surface area contributed by atoms with Gasteiger partial charge in [0, 0.05) is 31.2 Å². The number of piperazine rings is 1. The molecule has 2 saturated heterocycles. The zero-order chi connectivity index (χ0) is 14.7. The summed E-state index contributed by atoms with van der Waals surface area (Å²) in [5.41, 5.74) is 1.48. The average molecular weight is 286 g/mol. The number of aryl methyl sites for hydroxylation is 1. The molecule has 0 aliphatic carbocycles. The van der Waals surface area contributed by atoms with Crippen LogP contribution in [0.1, 0.15) is 45.1 Å². The Kier molecular flexibility index (Phi) is 4.97. The Hall–Kier alpha value is -0.860. The van der Waals surface area contributed by atoms with Crippen LogP contribution in [-0.4, -0.2) is 47.6 Å². The molecule has 1 aromatic rings. The molecule has 116 valence electrons. The molecule has 3 rings (SSSR count). The van der Waals surface area contributed by atoms with Gasteiger partial charge in [-0.25, -0.2) is 0 Å². The van der Waals surface area contributed by atoms with Crippen molar-refractivity contribution in [3.05, 3.63) is 35.9 Å². The highest BCUT2D eigenvalue weighted by Crippen LogP contribution is 2.26. The van der Waals surface area contributed by atoms with Gasteiger partial charge in [-0.05, 0) is 51.6 Å². The fourth-order valence-electron chi connectivity index (χ4n) is 4.18. The van der Waals surface area contributed by atoms with Gasteiger partial charge in [0.05, 0.1) is 0 Å². The van der Waals surface area contributed by atoms with Gasteiger partial charge in [-0.2, -0.15) is 0 Å². The maximum Gasteiger partial charge on any atom is 0.0224 e. The predicted molar refractivity (Wildman–Crippen MR) is 89.6 cm³/mol. The fraction of sp³-hybridized carbons (Fsp3) is 0.684. The molecular weight excluding hydrogens is 256 g/mol. The molecule has 0 bridgehead atoms. The van der Waals surface area contributed by atoms with Gasteiger partial charge in [0.2, 0.25) is 0 Å². The van der Waals surface area contributed by atoms with Gasteiger partial charge in [0.25, 0.3) is 0 Å². The summed E-state index contributed by atoms with van der Waals surface area (Å²) in [4.78, 5) is 5.52. The minimum Gasteiger partial charge on any atom is -0.298 e. The van der Waals surface area contributed by atoms with Gasteiger partial charge in [0.1, 0.15) is 0 Å². The SMILES string of the molecule is CC(CCc1ccccc1)N1CC2CCCCN2CC1C. The molecule has 0 radical (unpaired) electrons. The Bertz CT molecular complexity index is 430. The van der Waals surface area contributed by atoms with Crippen molar-refractivity contribution in [2.75, 3.05) is 19.6 Å². The Morgan fingerprint density at radius 2 is 1.95 bits per heavy atom. The van der Waals surface area contributed by atoms with E-state index in [1.54, 1.807) is 0 Å². The fourth-order valence-corrected chi connectivity index (χ4v) is 4.18. The third-order valence-electron chi connectivity index (χ3n) is 5.50. The van der Waals surface area contributed by atoms with E-state index in [0.717, 1.165) is 6.04 Å². The molecule has 2 fully saturated rings. The van der Waals surface area contributed by atoms with Crippen LogP contribution in [-0.2, 0) is 6.42 Å². The highest BCUT2D eigenvalue weighted by molar-refractivity contribution is 5.14. The average Bonchev–Trinajstić information content (AvgIpc) is 2.53. The van der Waals surface area contributed by atoms with Gasteiger partial charge < -0.3 is 0 Å². The van der Waals surface area contributed by atoms with E-state index in [1.807, 2.05) is 0 Å². The first-order chi connectivity index (χ1) is 10.2. The first-order valence-electron chi connectivity index (χ1n) is 8.78. The second-order valence-electron chi connectivity index (χ2n) is 7.06. The Morgan fingerprint density at radius 3 is 2.76 bits per heavy atom. The summed E-state index contributed by atoms with van der Waals surface area (Å²) >= 11 is 0. The molecule has 2 aliphatic rings. The van der Waals surface area contributed by atoms with Gasteiger partial charge in [-0.3, -0.25) is 9.80 Å². The van der Waals surface area contributed by atoms with E-state index in [0.29, 0.717) is 12.1 Å². The van der Waals surface area contributed by atoms with Crippen LogP contribution in [0.5, 0.6) is 0 Å². The maximum absolute atomic E-state index is 2.77. The van der Waals surface area contributed by atoms with Crippen molar-refractivity contribution in [1.82, 2.24) is 9.80 Å². The summed E-state index contributed by atoms with van der Waals surface area (Å²) in [6.07, 6.45) is 6.74. The Labute approximate surface area is 130 Å². The lowest BCUT2D eigenvalue weighted by Gasteiger charge is -2.49. The summed E-state index contributed by atoms with van der Waals surface area (Å²) in [5, 5.41) is 0. The van der Waals surface area contributed by atoms with Gasteiger partial charge in [0.15, 0.2) is 0 Å². The summed E-state index contributed by atoms with van der Waals surface area (Å²) < 4.78 is 0. The Balaban J connectivity index is 1.55. The smallest absolute Gasteiger partial charge is 0.0224 e. The minimum absolute atomic E-state index is 0.698. The van der Waals surface area contributed by atoms with Crippen molar-refractivity contribution in [3.8, 4) is 0 Å². The molecule has 3 unspecified atom stereocenters. The van der Waals surface area contributed by atoms with Crippen LogP contribution in [0.3, 0.4) is 0 Å². The van der Waals surface area contributed by atoms with Crippen LogP contribution < -0.4 is 0 Å². The molecule has 0 N–H and O–H groups in total. The molecule has 2 aliphatic heterocycles. The second kappa shape index (κ2) is 6.93. The number of rotatable bonds is 4. The Morgan fingerprint density at radius 1 is 1.14 bits per heavy atom. The molecule has 1 aromatic carbocycles. The zero-order valence-electron chi connectivity index (χ0n) is 13.7. The lowest BCUT2D eigenvalue weighted by molar-refractivity contribution is -0.00554. The molecule has 0 saturated carbocycles. The van der Waals surface area contributed by atoms with Gasteiger partial charge >= 0.3 is 0 Å². The van der Waals surface area contributed by atoms with Crippen LogP contribution in [0, 0.1) is 0 Å². The molecule has 3 atom stereocenters. The summed E-state index contributed by atoms with van der Waals surface area (Å²) in [6.45, 7) is 8.75. The highest BCUT2D eigenvalue weighted by atomic mass is 15.3. The topological polar surface area (TPSA) is 6.48 Å². The third kappa shape index (κ3) is 3.67. The summed E-state index contributed by atoms with van der Waals surface area (Å²) in [5.74, 6) is 0. The largest absolute Gasteiger partial charge is 0.298 e. The molecule has 2 heteroatoms. The molecular formula is C19H30N2.